The van der Waals surface area contributed by atoms with Gasteiger partial charge in [-0.25, -0.2) is 4.98 Å². The van der Waals surface area contributed by atoms with Crippen LogP contribution in [0.15, 0.2) is 0 Å². The van der Waals surface area contributed by atoms with E-state index in [0.717, 1.165) is 17.8 Å². The van der Waals surface area contributed by atoms with E-state index in [1.165, 1.54) is 47.8 Å². The van der Waals surface area contributed by atoms with Gasteiger partial charge in [0.25, 0.3) is 0 Å². The minimum Gasteiger partial charge on any atom is -0.309 e. The average molecular weight is 307 g/mol. The van der Waals surface area contributed by atoms with Gasteiger partial charge in [0.1, 0.15) is 0 Å². The summed E-state index contributed by atoms with van der Waals surface area (Å²) in [5.74, 6) is 3.00. The Hall–Kier alpha value is -0.410. The molecule has 1 aromatic rings. The van der Waals surface area contributed by atoms with Crippen molar-refractivity contribution in [3.05, 3.63) is 15.6 Å². The monoisotopic (exact) mass is 306 g/mol. The Morgan fingerprint density at radius 3 is 2.57 bits per heavy atom. The molecule has 3 rings (SSSR count). The first kappa shape index (κ1) is 15.5. The van der Waals surface area contributed by atoms with E-state index in [-0.39, 0.29) is 5.41 Å². The van der Waals surface area contributed by atoms with Crippen LogP contribution in [0.3, 0.4) is 0 Å². The van der Waals surface area contributed by atoms with E-state index in [9.17, 15) is 0 Å². The lowest BCUT2D eigenvalue weighted by molar-refractivity contribution is 0.310. The summed E-state index contributed by atoms with van der Waals surface area (Å²) in [6.07, 6.45) is 5.96. The highest BCUT2D eigenvalue weighted by atomic mass is 32.1. The minimum absolute atomic E-state index is 0.165. The summed E-state index contributed by atoms with van der Waals surface area (Å²) >= 11 is 1.90. The van der Waals surface area contributed by atoms with Gasteiger partial charge in [-0.1, -0.05) is 27.2 Å². The van der Waals surface area contributed by atoms with Crippen LogP contribution in [-0.4, -0.2) is 11.5 Å². The van der Waals surface area contributed by atoms with Crippen LogP contribution in [0.25, 0.3) is 0 Å². The molecule has 1 N–H and O–H groups in total. The van der Waals surface area contributed by atoms with Gasteiger partial charge >= 0.3 is 0 Å². The van der Waals surface area contributed by atoms with Gasteiger partial charge in [0.05, 0.1) is 10.7 Å². The topological polar surface area (TPSA) is 24.9 Å². The van der Waals surface area contributed by atoms with Crippen LogP contribution in [0.2, 0.25) is 0 Å². The summed E-state index contributed by atoms with van der Waals surface area (Å²) < 4.78 is 0. The van der Waals surface area contributed by atoms with Crippen molar-refractivity contribution in [3.8, 4) is 0 Å². The summed E-state index contributed by atoms with van der Waals surface area (Å²) in [7, 11) is 0. The lowest BCUT2D eigenvalue weighted by atomic mass is 9.88. The average Bonchev–Trinajstić information content (AvgIpc) is 3.09. The third-order valence-electron chi connectivity index (χ3n) is 5.44. The zero-order valence-electron chi connectivity index (χ0n) is 14.2. The van der Waals surface area contributed by atoms with Crippen molar-refractivity contribution in [2.45, 2.75) is 71.8 Å². The fourth-order valence-corrected chi connectivity index (χ4v) is 5.33. The summed E-state index contributed by atoms with van der Waals surface area (Å²) in [5, 5.41) is 5.07. The van der Waals surface area contributed by atoms with Gasteiger partial charge in [0.2, 0.25) is 0 Å². The van der Waals surface area contributed by atoms with Crippen molar-refractivity contribution in [1.82, 2.24) is 10.3 Å². The van der Waals surface area contributed by atoms with Crippen LogP contribution in [0, 0.1) is 24.7 Å². The molecule has 2 aliphatic rings. The summed E-state index contributed by atoms with van der Waals surface area (Å²) in [5.41, 5.74) is 1.38. The summed E-state index contributed by atoms with van der Waals surface area (Å²) in [6, 6.07) is 0.442. The number of hydrogen-bond acceptors (Lipinski definition) is 3. The first-order chi connectivity index (χ1) is 9.84. The molecule has 0 aromatic carbocycles. The maximum absolute atomic E-state index is 4.80. The quantitative estimate of drug-likeness (QED) is 0.861. The number of hydrogen-bond donors (Lipinski definition) is 1. The molecule has 3 heteroatoms. The van der Waals surface area contributed by atoms with Gasteiger partial charge in [0, 0.05) is 16.3 Å². The molecule has 2 nitrogen and oxygen atoms in total. The highest BCUT2D eigenvalue weighted by Crippen LogP contribution is 2.48. The van der Waals surface area contributed by atoms with Crippen LogP contribution < -0.4 is 5.32 Å². The lowest BCUT2D eigenvalue weighted by Crippen LogP contribution is -2.28. The molecule has 0 amide bonds. The number of thiazole rings is 1. The molecule has 2 aliphatic carbocycles. The molecule has 1 aromatic heterocycles. The second kappa shape index (κ2) is 5.66. The first-order valence-electron chi connectivity index (χ1n) is 8.55. The molecule has 0 saturated heterocycles. The molecule has 2 fully saturated rings. The number of fused-ring (bicyclic) bond motifs is 2. The SMILES string of the molecule is Cc1nc(C(C)(C)C)sc1C(C)NCC1CC2CCC1C2. The van der Waals surface area contributed by atoms with Crippen molar-refractivity contribution in [1.29, 1.82) is 0 Å². The predicted octanol–water partition coefficient (Wildman–Crippen LogP) is 4.84. The molecule has 2 bridgehead atoms. The van der Waals surface area contributed by atoms with E-state index < -0.39 is 0 Å². The van der Waals surface area contributed by atoms with Gasteiger partial charge in [-0.2, -0.15) is 0 Å². The zero-order valence-corrected chi connectivity index (χ0v) is 15.0. The Labute approximate surface area is 133 Å². The number of rotatable bonds is 4. The Kier molecular flexibility index (Phi) is 4.17. The van der Waals surface area contributed by atoms with Crippen molar-refractivity contribution >= 4 is 11.3 Å². The largest absolute Gasteiger partial charge is 0.309 e. The Morgan fingerprint density at radius 1 is 1.29 bits per heavy atom. The standard InChI is InChI=1S/C18H30N2S/c1-11(16-12(2)20-17(21-16)18(3,4)5)19-10-15-9-13-6-7-14(15)8-13/h11,13-15,19H,6-10H2,1-5H3. The molecule has 0 radical (unpaired) electrons. The molecule has 0 spiro atoms. The Morgan fingerprint density at radius 2 is 2.05 bits per heavy atom. The van der Waals surface area contributed by atoms with Gasteiger partial charge in [-0.3, -0.25) is 0 Å². The molecular formula is C18H30N2S. The van der Waals surface area contributed by atoms with Crippen LogP contribution in [0.4, 0.5) is 0 Å². The molecule has 21 heavy (non-hydrogen) atoms. The number of nitrogens with zero attached hydrogens (tertiary/aromatic N) is 1. The Balaban J connectivity index is 1.60. The van der Waals surface area contributed by atoms with E-state index in [1.54, 1.807) is 0 Å². The van der Waals surface area contributed by atoms with E-state index in [0.29, 0.717) is 6.04 Å². The van der Waals surface area contributed by atoms with Crippen LogP contribution >= 0.6 is 11.3 Å². The lowest BCUT2D eigenvalue weighted by Gasteiger charge is -2.24. The van der Waals surface area contributed by atoms with Crippen molar-refractivity contribution in [3.63, 3.8) is 0 Å². The van der Waals surface area contributed by atoms with E-state index in [1.807, 2.05) is 11.3 Å². The first-order valence-corrected chi connectivity index (χ1v) is 9.37. The highest BCUT2D eigenvalue weighted by Gasteiger charge is 2.39. The van der Waals surface area contributed by atoms with Crippen molar-refractivity contribution in [2.75, 3.05) is 6.54 Å². The zero-order chi connectivity index (χ0) is 15.2. The van der Waals surface area contributed by atoms with Crippen LogP contribution in [0.1, 0.15) is 75.0 Å². The molecular weight excluding hydrogens is 276 g/mol. The Bertz CT molecular complexity index is 500. The third-order valence-corrected chi connectivity index (χ3v) is 7.20. The summed E-state index contributed by atoms with van der Waals surface area (Å²) in [4.78, 5) is 6.23. The maximum atomic E-state index is 4.80. The van der Waals surface area contributed by atoms with E-state index >= 15 is 0 Å². The van der Waals surface area contributed by atoms with E-state index in [2.05, 4.69) is 39.9 Å². The minimum atomic E-state index is 0.165. The molecule has 4 unspecified atom stereocenters. The van der Waals surface area contributed by atoms with Crippen molar-refractivity contribution in [2.24, 2.45) is 17.8 Å². The molecule has 2 saturated carbocycles. The van der Waals surface area contributed by atoms with Gasteiger partial charge in [0.15, 0.2) is 0 Å². The molecule has 0 aliphatic heterocycles. The van der Waals surface area contributed by atoms with Gasteiger partial charge < -0.3 is 5.32 Å². The third kappa shape index (κ3) is 3.19. The number of aromatic nitrogens is 1. The van der Waals surface area contributed by atoms with Crippen LogP contribution in [-0.2, 0) is 5.41 Å². The van der Waals surface area contributed by atoms with Gasteiger partial charge in [-0.05, 0) is 57.4 Å². The number of aryl methyl sites for hydroxylation is 1. The second-order valence-corrected chi connectivity index (χ2v) is 9.31. The molecule has 4 atom stereocenters. The van der Waals surface area contributed by atoms with E-state index in [4.69, 9.17) is 4.98 Å². The summed E-state index contributed by atoms with van der Waals surface area (Å²) in [6.45, 7) is 12.4. The fourth-order valence-electron chi connectivity index (χ4n) is 4.18. The number of nitrogens with one attached hydrogen (secondary N) is 1. The van der Waals surface area contributed by atoms with Crippen molar-refractivity contribution < 1.29 is 0 Å². The van der Waals surface area contributed by atoms with Crippen LogP contribution in [0.5, 0.6) is 0 Å². The second-order valence-electron chi connectivity index (χ2n) is 8.28. The smallest absolute Gasteiger partial charge is 0.0985 e. The highest BCUT2D eigenvalue weighted by molar-refractivity contribution is 7.12. The normalized spacial score (nSPS) is 30.0. The molecule has 1 heterocycles. The maximum Gasteiger partial charge on any atom is 0.0985 e. The predicted molar refractivity (Wildman–Crippen MR) is 90.9 cm³/mol. The fraction of sp³-hybridized carbons (Fsp3) is 0.833. The van der Waals surface area contributed by atoms with Gasteiger partial charge in [-0.15, -0.1) is 11.3 Å². The molecule has 118 valence electrons.